The number of aliphatic hydroxyl groups excluding tert-OH is 1. The fourth-order valence-corrected chi connectivity index (χ4v) is 5.01. The van der Waals surface area contributed by atoms with Crippen LogP contribution in [0.15, 0.2) is 18.2 Å². The molecule has 0 radical (unpaired) electrons. The van der Waals surface area contributed by atoms with E-state index in [2.05, 4.69) is 13.8 Å². The molecule has 1 aliphatic carbocycles. The van der Waals surface area contributed by atoms with Crippen LogP contribution in [0.4, 0.5) is 0 Å². The lowest BCUT2D eigenvalue weighted by Gasteiger charge is -2.41. The molecule has 162 valence electrons. The van der Waals surface area contributed by atoms with E-state index in [4.69, 9.17) is 19.3 Å². The van der Waals surface area contributed by atoms with Gasteiger partial charge < -0.3 is 24.4 Å². The van der Waals surface area contributed by atoms with Gasteiger partial charge in [0.2, 0.25) is 0 Å². The molecule has 2 aliphatic rings. The summed E-state index contributed by atoms with van der Waals surface area (Å²) in [4.78, 5) is 11.1. The molecule has 1 heterocycles. The third-order valence-electron chi connectivity index (χ3n) is 6.85. The molecular weight excluding hydrogens is 372 g/mol. The molecule has 1 aromatic rings. The number of aliphatic hydroxyl groups is 1. The van der Waals surface area contributed by atoms with Gasteiger partial charge in [0.1, 0.15) is 5.75 Å². The molecule has 29 heavy (non-hydrogen) atoms. The number of carboxylic acid groups (broad SMARTS) is 1. The van der Waals surface area contributed by atoms with Crippen LogP contribution < -0.4 is 4.74 Å². The molecule has 0 amide bonds. The summed E-state index contributed by atoms with van der Waals surface area (Å²) in [6.45, 7) is 5.16. The van der Waals surface area contributed by atoms with Crippen molar-refractivity contribution in [1.29, 1.82) is 0 Å². The normalized spacial score (nSPS) is 29.4. The Kier molecular flexibility index (Phi) is 7.55. The van der Waals surface area contributed by atoms with Crippen molar-refractivity contribution in [2.75, 3.05) is 13.7 Å². The van der Waals surface area contributed by atoms with Crippen LogP contribution in [0.1, 0.15) is 61.9 Å². The Morgan fingerprint density at radius 2 is 2.07 bits per heavy atom. The predicted octanol–water partition coefficient (Wildman–Crippen LogP) is 4.10. The number of carbonyl (C=O) groups is 1. The monoisotopic (exact) mass is 406 g/mol. The van der Waals surface area contributed by atoms with Gasteiger partial charge in [-0.3, -0.25) is 0 Å². The van der Waals surface area contributed by atoms with Gasteiger partial charge in [-0.1, -0.05) is 25.8 Å². The summed E-state index contributed by atoms with van der Waals surface area (Å²) < 4.78 is 17.1. The molecule has 2 N–H and O–H groups in total. The molecule has 0 spiro atoms. The van der Waals surface area contributed by atoms with Gasteiger partial charge in [0, 0.05) is 11.5 Å². The van der Waals surface area contributed by atoms with Crippen molar-refractivity contribution in [3.05, 3.63) is 29.3 Å². The van der Waals surface area contributed by atoms with E-state index in [1.54, 1.807) is 6.07 Å². The molecule has 6 atom stereocenters. The minimum atomic E-state index is -1.00. The summed E-state index contributed by atoms with van der Waals surface area (Å²) in [6.07, 6.45) is 5.31. The first-order valence-corrected chi connectivity index (χ1v) is 10.7. The van der Waals surface area contributed by atoms with Gasteiger partial charge >= 0.3 is 5.97 Å². The third-order valence-corrected chi connectivity index (χ3v) is 6.85. The van der Waals surface area contributed by atoms with Gasteiger partial charge in [-0.15, -0.1) is 0 Å². The molecule has 1 saturated heterocycles. The molecule has 2 fully saturated rings. The number of aromatic carboxylic acids is 1. The van der Waals surface area contributed by atoms with Crippen LogP contribution in [0.25, 0.3) is 0 Å². The molecule has 0 bridgehead atoms. The van der Waals surface area contributed by atoms with Gasteiger partial charge in [0.15, 0.2) is 6.29 Å². The lowest BCUT2D eigenvalue weighted by Crippen LogP contribution is -2.39. The maximum Gasteiger partial charge on any atom is 0.335 e. The minimum absolute atomic E-state index is 0.00379. The number of ether oxygens (including phenoxy) is 3. The van der Waals surface area contributed by atoms with E-state index in [0.717, 1.165) is 25.0 Å². The van der Waals surface area contributed by atoms with E-state index < -0.39 is 12.3 Å². The Morgan fingerprint density at radius 1 is 1.28 bits per heavy atom. The van der Waals surface area contributed by atoms with E-state index in [-0.39, 0.29) is 18.1 Å². The summed E-state index contributed by atoms with van der Waals surface area (Å²) in [5.41, 5.74) is 0.882. The minimum Gasteiger partial charge on any atom is -0.496 e. The Bertz CT molecular complexity index is 690. The Balaban J connectivity index is 1.63. The number of hydrogen-bond donors (Lipinski definition) is 2. The van der Waals surface area contributed by atoms with Gasteiger partial charge in [-0.2, -0.15) is 0 Å². The Hall–Kier alpha value is -1.63. The standard InChI is InChI=1S/C23H34O6/c1-14-7-8-16-5-4-6-19(20(16)13-28-14)15(2)23(26)29-12-18-10-9-17(22(24)25)11-21(18)27-3/h9-11,14-16,19-20,23,26H,4-8,12-13H2,1-3H3,(H,24,25)/t14?,15-,16-,19+,20?,23-/m1/s1. The second-order valence-electron chi connectivity index (χ2n) is 8.63. The highest BCUT2D eigenvalue weighted by Gasteiger charge is 2.40. The van der Waals surface area contributed by atoms with Crippen LogP contribution in [0, 0.1) is 23.7 Å². The fourth-order valence-electron chi connectivity index (χ4n) is 5.01. The van der Waals surface area contributed by atoms with Gasteiger partial charge in [-0.25, -0.2) is 4.79 Å². The smallest absolute Gasteiger partial charge is 0.335 e. The quantitative estimate of drug-likeness (QED) is 0.663. The van der Waals surface area contributed by atoms with Crippen LogP contribution in [-0.2, 0) is 16.1 Å². The average molecular weight is 407 g/mol. The highest BCUT2D eigenvalue weighted by Crippen LogP contribution is 2.44. The summed E-state index contributed by atoms with van der Waals surface area (Å²) in [5.74, 6) is 0.989. The van der Waals surface area contributed by atoms with Crippen LogP contribution in [0.3, 0.4) is 0 Å². The number of rotatable bonds is 7. The van der Waals surface area contributed by atoms with Crippen molar-refractivity contribution in [3.63, 3.8) is 0 Å². The van der Waals surface area contributed by atoms with E-state index in [1.165, 1.54) is 38.5 Å². The zero-order valence-electron chi connectivity index (χ0n) is 17.7. The maximum atomic E-state index is 11.1. The molecule has 0 aromatic heterocycles. The molecular formula is C23H34O6. The lowest BCUT2D eigenvalue weighted by molar-refractivity contribution is -0.162. The van der Waals surface area contributed by atoms with Crippen LogP contribution in [-0.4, -0.2) is 42.3 Å². The van der Waals surface area contributed by atoms with Crippen LogP contribution >= 0.6 is 0 Å². The number of benzene rings is 1. The summed E-state index contributed by atoms with van der Waals surface area (Å²) in [6, 6.07) is 4.68. The van der Waals surface area contributed by atoms with E-state index in [0.29, 0.717) is 29.6 Å². The van der Waals surface area contributed by atoms with Crippen molar-refractivity contribution in [2.45, 2.75) is 65.0 Å². The van der Waals surface area contributed by atoms with Crippen molar-refractivity contribution < 1.29 is 29.2 Å². The van der Waals surface area contributed by atoms with Crippen LogP contribution in [0.5, 0.6) is 5.75 Å². The van der Waals surface area contributed by atoms with Gasteiger partial charge in [0.05, 0.1) is 32.0 Å². The van der Waals surface area contributed by atoms with Crippen molar-refractivity contribution in [3.8, 4) is 5.75 Å². The van der Waals surface area contributed by atoms with Crippen molar-refractivity contribution in [1.82, 2.24) is 0 Å². The van der Waals surface area contributed by atoms with Crippen molar-refractivity contribution >= 4 is 5.97 Å². The van der Waals surface area contributed by atoms with E-state index in [1.807, 2.05) is 0 Å². The molecule has 6 heteroatoms. The topological polar surface area (TPSA) is 85.2 Å². The van der Waals surface area contributed by atoms with Crippen LogP contribution in [0.2, 0.25) is 0 Å². The average Bonchev–Trinajstić information content (AvgIpc) is 2.92. The lowest BCUT2D eigenvalue weighted by atomic mass is 9.66. The van der Waals surface area contributed by atoms with E-state index >= 15 is 0 Å². The molecule has 1 saturated carbocycles. The largest absolute Gasteiger partial charge is 0.496 e. The third kappa shape index (κ3) is 5.30. The molecule has 2 unspecified atom stereocenters. The first kappa shape index (κ1) is 22.1. The number of methoxy groups -OCH3 is 1. The van der Waals surface area contributed by atoms with Gasteiger partial charge in [-0.05, 0) is 56.1 Å². The highest BCUT2D eigenvalue weighted by atomic mass is 16.6. The summed E-state index contributed by atoms with van der Waals surface area (Å²) in [5, 5.41) is 19.9. The molecule has 3 rings (SSSR count). The zero-order chi connectivity index (χ0) is 21.0. The highest BCUT2D eigenvalue weighted by molar-refractivity contribution is 5.88. The summed E-state index contributed by atoms with van der Waals surface area (Å²) in [7, 11) is 1.50. The second-order valence-corrected chi connectivity index (χ2v) is 8.63. The first-order chi connectivity index (χ1) is 13.9. The SMILES string of the molecule is COc1cc(C(=O)O)ccc1CO[C@@H](O)[C@H](C)[C@@H]1CCC[C@@H]2CCC(C)OCC21. The fraction of sp³-hybridized carbons (Fsp3) is 0.696. The number of fused-ring (bicyclic) bond motifs is 1. The zero-order valence-corrected chi connectivity index (χ0v) is 17.7. The Morgan fingerprint density at radius 3 is 2.79 bits per heavy atom. The molecule has 1 aliphatic heterocycles. The molecule has 6 nitrogen and oxygen atoms in total. The maximum absolute atomic E-state index is 11.1. The van der Waals surface area contributed by atoms with E-state index in [9.17, 15) is 9.90 Å². The molecule has 1 aromatic carbocycles. The Labute approximate surface area is 173 Å². The predicted molar refractivity (Wildman–Crippen MR) is 109 cm³/mol. The van der Waals surface area contributed by atoms with Gasteiger partial charge in [0.25, 0.3) is 0 Å². The van der Waals surface area contributed by atoms with Crippen molar-refractivity contribution in [2.24, 2.45) is 23.7 Å². The second kappa shape index (κ2) is 9.92. The number of carboxylic acids is 1. The summed E-state index contributed by atoms with van der Waals surface area (Å²) >= 11 is 0. The first-order valence-electron chi connectivity index (χ1n) is 10.7. The number of hydrogen-bond acceptors (Lipinski definition) is 5.